The summed E-state index contributed by atoms with van der Waals surface area (Å²) in [4.78, 5) is 0. The Morgan fingerprint density at radius 1 is 0.750 bits per heavy atom. The SMILES string of the molecule is CCC[CH2][Sn]([CH2]CCC)([CH2]CCC)[c]1sccc1OC.CCOCC.COc1ccsc1. The average Bonchev–Trinajstić information content (AvgIpc) is 3.52. The number of unbranched alkanes of at least 4 members (excludes halogenated alkanes) is 3. The molecule has 32 heavy (non-hydrogen) atoms. The molecule has 0 aliphatic heterocycles. The Bertz CT molecular complexity index is 605. The molecular weight excluding hydrogens is 543 g/mol. The van der Waals surface area contributed by atoms with Gasteiger partial charge < -0.3 is 9.47 Å². The second-order valence-electron chi connectivity index (χ2n) is 7.85. The van der Waals surface area contributed by atoms with E-state index in [2.05, 4.69) is 32.2 Å². The molecule has 2 rings (SSSR count). The van der Waals surface area contributed by atoms with Crippen molar-refractivity contribution < 1.29 is 14.2 Å². The van der Waals surface area contributed by atoms with Gasteiger partial charge in [0.15, 0.2) is 0 Å². The molecule has 0 amide bonds. The Kier molecular flexibility index (Phi) is 21.1. The van der Waals surface area contributed by atoms with E-state index < -0.39 is 18.4 Å². The van der Waals surface area contributed by atoms with Crippen molar-refractivity contribution >= 4 is 43.9 Å². The molecule has 0 saturated heterocycles. The van der Waals surface area contributed by atoms with Crippen LogP contribution in [0.3, 0.4) is 0 Å². The molecule has 0 N–H and O–H groups in total. The van der Waals surface area contributed by atoms with Crippen molar-refractivity contribution in [1.29, 1.82) is 0 Å². The summed E-state index contributed by atoms with van der Waals surface area (Å²) in [5, 5.41) is 6.20. The molecule has 2 aromatic heterocycles. The van der Waals surface area contributed by atoms with Crippen molar-refractivity contribution in [1.82, 2.24) is 0 Å². The molecule has 2 aromatic rings. The molecule has 186 valence electrons. The first-order valence-corrected chi connectivity index (χ1v) is 21.6. The fourth-order valence-electron chi connectivity index (χ4n) is 3.68. The van der Waals surface area contributed by atoms with Gasteiger partial charge in [0, 0.05) is 18.6 Å². The van der Waals surface area contributed by atoms with Gasteiger partial charge in [-0.3, -0.25) is 0 Å². The van der Waals surface area contributed by atoms with Crippen molar-refractivity contribution in [2.75, 3.05) is 27.4 Å². The third-order valence-electron chi connectivity index (χ3n) is 5.50. The first kappa shape index (κ1) is 31.8. The van der Waals surface area contributed by atoms with Crippen molar-refractivity contribution in [3.05, 3.63) is 28.3 Å². The minimum Gasteiger partial charge on any atom is -0.496 e. The van der Waals surface area contributed by atoms with Crippen molar-refractivity contribution in [2.45, 2.75) is 86.5 Å². The Morgan fingerprint density at radius 2 is 1.31 bits per heavy atom. The van der Waals surface area contributed by atoms with Crippen LogP contribution in [0.25, 0.3) is 0 Å². The molecular formula is C26H48O3S2Sn. The molecule has 0 saturated carbocycles. The van der Waals surface area contributed by atoms with E-state index in [1.165, 1.54) is 57.6 Å². The zero-order valence-corrected chi connectivity index (χ0v) is 26.2. The van der Waals surface area contributed by atoms with Crippen molar-refractivity contribution in [3.8, 4) is 11.5 Å². The van der Waals surface area contributed by atoms with Crippen LogP contribution >= 0.6 is 22.7 Å². The maximum Gasteiger partial charge on any atom is 0.129 e. The summed E-state index contributed by atoms with van der Waals surface area (Å²) in [5.74, 6) is 2.17. The van der Waals surface area contributed by atoms with Gasteiger partial charge in [-0.2, -0.15) is 0 Å². The zero-order valence-electron chi connectivity index (χ0n) is 21.7. The number of methoxy groups -OCH3 is 2. The zero-order chi connectivity index (χ0) is 24.1. The molecule has 3 nitrogen and oxygen atoms in total. The maximum atomic E-state index is 5.69. The van der Waals surface area contributed by atoms with Gasteiger partial charge in [0.1, 0.15) is 5.75 Å². The molecule has 0 fully saturated rings. The van der Waals surface area contributed by atoms with E-state index >= 15 is 0 Å². The van der Waals surface area contributed by atoms with E-state index in [9.17, 15) is 0 Å². The van der Waals surface area contributed by atoms with Gasteiger partial charge >= 0.3 is 134 Å². The van der Waals surface area contributed by atoms with E-state index in [4.69, 9.17) is 14.2 Å². The molecule has 2 heterocycles. The molecule has 0 aliphatic carbocycles. The van der Waals surface area contributed by atoms with Crippen LogP contribution in [0.15, 0.2) is 28.3 Å². The van der Waals surface area contributed by atoms with Gasteiger partial charge in [0.2, 0.25) is 0 Å². The summed E-state index contributed by atoms with van der Waals surface area (Å²) in [7, 11) is 3.52. The van der Waals surface area contributed by atoms with E-state index in [-0.39, 0.29) is 0 Å². The Labute approximate surface area is 210 Å². The summed E-state index contributed by atoms with van der Waals surface area (Å²) < 4.78 is 21.7. The monoisotopic (exact) mass is 592 g/mol. The van der Waals surface area contributed by atoms with Crippen LogP contribution in [0.4, 0.5) is 0 Å². The van der Waals surface area contributed by atoms with Crippen molar-refractivity contribution in [2.24, 2.45) is 0 Å². The number of hydrogen-bond donors (Lipinski definition) is 0. The summed E-state index contributed by atoms with van der Waals surface area (Å²) in [6.45, 7) is 12.7. The largest absolute Gasteiger partial charge is 0.496 e. The van der Waals surface area contributed by atoms with E-state index in [0.717, 1.165) is 19.0 Å². The first-order valence-electron chi connectivity index (χ1n) is 12.3. The molecule has 6 heteroatoms. The van der Waals surface area contributed by atoms with Gasteiger partial charge in [-0.05, 0) is 25.3 Å². The Balaban J connectivity index is 0.000000649. The van der Waals surface area contributed by atoms with E-state index in [0.29, 0.717) is 0 Å². The number of thiophene rings is 2. The van der Waals surface area contributed by atoms with Crippen LogP contribution in [0.5, 0.6) is 11.5 Å². The van der Waals surface area contributed by atoms with Gasteiger partial charge in [0.25, 0.3) is 0 Å². The molecule has 0 atom stereocenters. The second-order valence-corrected chi connectivity index (χ2v) is 23.6. The van der Waals surface area contributed by atoms with Crippen LogP contribution in [0.1, 0.15) is 73.1 Å². The average molecular weight is 592 g/mol. The minimum absolute atomic E-state index is 0.844. The van der Waals surface area contributed by atoms with Gasteiger partial charge in [0.05, 0.1) is 7.11 Å². The van der Waals surface area contributed by atoms with Gasteiger partial charge in [-0.1, -0.05) is 0 Å². The number of rotatable bonds is 14. The smallest absolute Gasteiger partial charge is 0.129 e. The number of ether oxygens (including phenoxy) is 3. The first-order chi connectivity index (χ1) is 15.6. The molecule has 0 aromatic carbocycles. The molecule has 0 radical (unpaired) electrons. The van der Waals surface area contributed by atoms with Crippen LogP contribution in [-0.4, -0.2) is 45.8 Å². The molecule has 0 bridgehead atoms. The number of hydrogen-bond acceptors (Lipinski definition) is 5. The van der Waals surface area contributed by atoms with Gasteiger partial charge in [-0.15, -0.1) is 11.3 Å². The van der Waals surface area contributed by atoms with E-state index in [1.807, 2.05) is 49.1 Å². The maximum absolute atomic E-state index is 5.69. The third kappa shape index (κ3) is 12.9. The minimum atomic E-state index is -2.23. The molecule has 0 unspecified atom stereocenters. The molecule has 0 spiro atoms. The van der Waals surface area contributed by atoms with Crippen LogP contribution in [0, 0.1) is 0 Å². The summed E-state index contributed by atoms with van der Waals surface area (Å²) in [6.07, 6.45) is 8.28. The predicted octanol–water partition coefficient (Wildman–Crippen LogP) is 8.61. The standard InChI is InChI=1S/C5H6OS.C5H5OS.C4H10O.3C4H9.Sn/c2*1-6-5-2-3-7-4-5;1-3-5-4-2;3*1-3-4-2;/h2-4H,1H3;2-3H,1H3;3-4H2,1-2H3;3*1,3-4H2,2H3;. The molecule has 0 aliphatic rings. The Hall–Kier alpha value is -0.241. The third-order valence-corrected chi connectivity index (χ3v) is 25.5. The Morgan fingerprint density at radius 3 is 1.62 bits per heavy atom. The summed E-state index contributed by atoms with van der Waals surface area (Å²) in [5.41, 5.74) is 0. The topological polar surface area (TPSA) is 27.7 Å². The fourth-order valence-corrected chi connectivity index (χ4v) is 24.8. The van der Waals surface area contributed by atoms with Crippen LogP contribution < -0.4 is 12.4 Å². The van der Waals surface area contributed by atoms with Crippen molar-refractivity contribution in [3.63, 3.8) is 0 Å². The summed E-state index contributed by atoms with van der Waals surface area (Å²) >= 11 is 1.41. The van der Waals surface area contributed by atoms with Crippen LogP contribution in [-0.2, 0) is 4.74 Å². The quantitative estimate of drug-likeness (QED) is 0.206. The summed E-state index contributed by atoms with van der Waals surface area (Å²) in [6, 6.07) is 4.14. The van der Waals surface area contributed by atoms with Crippen LogP contribution in [0.2, 0.25) is 13.3 Å². The van der Waals surface area contributed by atoms with E-state index in [1.54, 1.807) is 21.3 Å². The normalized spacial score (nSPS) is 10.6. The van der Waals surface area contributed by atoms with Gasteiger partial charge in [-0.25, -0.2) is 0 Å². The fraction of sp³-hybridized carbons (Fsp3) is 0.692. The second kappa shape index (κ2) is 21.3. The predicted molar refractivity (Wildman–Crippen MR) is 148 cm³/mol.